The molecule has 1 aliphatic carbocycles. The van der Waals surface area contributed by atoms with E-state index in [2.05, 4.69) is 50.4 Å². The monoisotopic (exact) mass is 327 g/mol. The van der Waals surface area contributed by atoms with Crippen molar-refractivity contribution in [1.29, 1.82) is 0 Å². The third kappa shape index (κ3) is 3.35. The normalized spacial score (nSPS) is 16.9. The van der Waals surface area contributed by atoms with E-state index in [1.165, 1.54) is 28.0 Å². The zero-order chi connectivity index (χ0) is 16.4. The van der Waals surface area contributed by atoms with Gasteiger partial charge in [-0.15, -0.1) is 11.3 Å². The van der Waals surface area contributed by atoms with Crippen molar-refractivity contribution in [2.24, 2.45) is 5.92 Å². The Morgan fingerprint density at radius 1 is 1.26 bits per heavy atom. The zero-order valence-electron chi connectivity index (χ0n) is 14.2. The van der Waals surface area contributed by atoms with E-state index in [0.717, 1.165) is 42.2 Å². The highest BCUT2D eigenvalue weighted by Gasteiger charge is 2.21. The third-order valence-corrected chi connectivity index (χ3v) is 6.03. The van der Waals surface area contributed by atoms with Crippen molar-refractivity contribution in [3.05, 3.63) is 50.7 Å². The summed E-state index contributed by atoms with van der Waals surface area (Å²) in [6, 6.07) is 8.41. The summed E-state index contributed by atoms with van der Waals surface area (Å²) in [5, 5.41) is 3.19. The van der Waals surface area contributed by atoms with Crippen molar-refractivity contribution < 1.29 is 4.79 Å². The Kier molecular flexibility index (Phi) is 4.86. The summed E-state index contributed by atoms with van der Waals surface area (Å²) >= 11 is 1.68. The number of carbonyl (C=O) groups is 1. The quantitative estimate of drug-likeness (QED) is 0.816. The first-order valence-electron chi connectivity index (χ1n) is 8.66. The molecule has 1 aliphatic rings. The van der Waals surface area contributed by atoms with Gasteiger partial charge >= 0.3 is 0 Å². The first-order chi connectivity index (χ1) is 11.1. The molecule has 23 heavy (non-hydrogen) atoms. The Hall–Kier alpha value is -1.61. The van der Waals surface area contributed by atoms with Crippen molar-refractivity contribution in [2.75, 3.05) is 5.32 Å². The number of aryl methyl sites for hydroxylation is 3. The van der Waals surface area contributed by atoms with Gasteiger partial charge in [0.2, 0.25) is 0 Å². The molecular weight excluding hydrogens is 302 g/mol. The Morgan fingerprint density at radius 3 is 2.61 bits per heavy atom. The third-order valence-electron chi connectivity index (χ3n) is 4.79. The average Bonchev–Trinajstić information content (AvgIpc) is 2.98. The summed E-state index contributed by atoms with van der Waals surface area (Å²) < 4.78 is 0. The van der Waals surface area contributed by atoms with Gasteiger partial charge in [-0.2, -0.15) is 0 Å². The minimum Gasteiger partial charge on any atom is -0.321 e. The van der Waals surface area contributed by atoms with Gasteiger partial charge in [0.15, 0.2) is 0 Å². The fourth-order valence-corrected chi connectivity index (χ4v) is 4.50. The van der Waals surface area contributed by atoms with E-state index in [-0.39, 0.29) is 5.91 Å². The van der Waals surface area contributed by atoms with Gasteiger partial charge in [0.25, 0.3) is 5.91 Å². The highest BCUT2D eigenvalue weighted by atomic mass is 32.1. The first kappa shape index (κ1) is 16.3. The van der Waals surface area contributed by atoms with Gasteiger partial charge in [0, 0.05) is 10.6 Å². The number of para-hydroxylation sites is 1. The van der Waals surface area contributed by atoms with Crippen LogP contribution in [-0.4, -0.2) is 5.91 Å². The molecule has 0 spiro atoms. The number of rotatable bonds is 4. The molecule has 1 aromatic carbocycles. The predicted octanol–water partition coefficient (Wildman–Crippen LogP) is 5.25. The van der Waals surface area contributed by atoms with E-state index >= 15 is 0 Å². The number of anilines is 1. The molecule has 0 aliphatic heterocycles. The van der Waals surface area contributed by atoms with Crippen molar-refractivity contribution >= 4 is 22.9 Å². The van der Waals surface area contributed by atoms with Crippen molar-refractivity contribution in [1.82, 2.24) is 0 Å². The molecule has 122 valence electrons. The highest BCUT2D eigenvalue weighted by Crippen LogP contribution is 2.33. The van der Waals surface area contributed by atoms with Gasteiger partial charge in [-0.25, -0.2) is 0 Å². The van der Waals surface area contributed by atoms with E-state index in [1.807, 2.05) is 0 Å². The lowest BCUT2D eigenvalue weighted by molar-refractivity contribution is 0.103. The first-order valence-corrected chi connectivity index (χ1v) is 9.47. The molecule has 1 aromatic heterocycles. The standard InChI is InChI=1S/C20H25NOS/c1-4-14-7-6-8-15(5-2)19(14)21-20(22)18-12-16-11-13(3)9-10-17(16)23-18/h6-8,12-13H,4-5,9-11H2,1-3H3,(H,21,22). The van der Waals surface area contributed by atoms with Crippen LogP contribution in [0.15, 0.2) is 24.3 Å². The second kappa shape index (κ2) is 6.88. The molecule has 0 bridgehead atoms. The molecule has 0 radical (unpaired) electrons. The lowest BCUT2D eigenvalue weighted by Gasteiger charge is -2.16. The molecule has 2 aromatic rings. The lowest BCUT2D eigenvalue weighted by Crippen LogP contribution is -2.13. The summed E-state index contributed by atoms with van der Waals surface area (Å²) in [5.74, 6) is 0.785. The topological polar surface area (TPSA) is 29.1 Å². The van der Waals surface area contributed by atoms with Crippen LogP contribution < -0.4 is 5.32 Å². The zero-order valence-corrected chi connectivity index (χ0v) is 15.1. The van der Waals surface area contributed by atoms with Gasteiger partial charge < -0.3 is 5.32 Å². The SMILES string of the molecule is CCc1cccc(CC)c1NC(=O)c1cc2c(s1)CCC(C)C2. The number of carbonyl (C=O) groups excluding carboxylic acids is 1. The number of nitrogens with one attached hydrogen (secondary N) is 1. The van der Waals surface area contributed by atoms with Gasteiger partial charge in [0.1, 0.15) is 0 Å². The number of thiophene rings is 1. The van der Waals surface area contributed by atoms with Crippen LogP contribution in [0, 0.1) is 5.92 Å². The second-order valence-corrected chi connectivity index (χ2v) is 7.66. The van der Waals surface area contributed by atoms with E-state index in [9.17, 15) is 4.79 Å². The van der Waals surface area contributed by atoms with E-state index < -0.39 is 0 Å². The number of hydrogen-bond acceptors (Lipinski definition) is 2. The van der Waals surface area contributed by atoms with Crippen LogP contribution in [0.2, 0.25) is 0 Å². The summed E-state index contributed by atoms with van der Waals surface area (Å²) in [6.07, 6.45) is 5.35. The van der Waals surface area contributed by atoms with Gasteiger partial charge in [-0.05, 0) is 60.8 Å². The largest absolute Gasteiger partial charge is 0.321 e. The van der Waals surface area contributed by atoms with Crippen LogP contribution in [-0.2, 0) is 25.7 Å². The molecule has 1 amide bonds. The average molecular weight is 327 g/mol. The predicted molar refractivity (Wildman–Crippen MR) is 98.7 cm³/mol. The maximum Gasteiger partial charge on any atom is 0.265 e. The Balaban J connectivity index is 1.85. The minimum absolute atomic E-state index is 0.0488. The number of hydrogen-bond donors (Lipinski definition) is 1. The number of benzene rings is 1. The molecule has 0 fully saturated rings. The molecule has 1 heterocycles. The molecule has 0 saturated carbocycles. The molecule has 1 N–H and O–H groups in total. The van der Waals surface area contributed by atoms with Gasteiger partial charge in [-0.1, -0.05) is 39.0 Å². The van der Waals surface area contributed by atoms with Crippen LogP contribution in [0.5, 0.6) is 0 Å². The maximum atomic E-state index is 12.7. The van der Waals surface area contributed by atoms with Crippen molar-refractivity contribution in [3.63, 3.8) is 0 Å². The Labute approximate surface area is 142 Å². The summed E-state index contributed by atoms with van der Waals surface area (Å²) in [4.78, 5) is 15.0. The van der Waals surface area contributed by atoms with Gasteiger partial charge in [-0.3, -0.25) is 4.79 Å². The molecule has 3 rings (SSSR count). The van der Waals surface area contributed by atoms with Crippen molar-refractivity contribution in [2.45, 2.75) is 52.9 Å². The molecule has 1 atom stereocenters. The summed E-state index contributed by atoms with van der Waals surface area (Å²) in [6.45, 7) is 6.57. The van der Waals surface area contributed by atoms with Crippen molar-refractivity contribution in [3.8, 4) is 0 Å². The smallest absolute Gasteiger partial charge is 0.265 e. The summed E-state index contributed by atoms with van der Waals surface area (Å²) in [5.41, 5.74) is 4.83. The molecule has 2 nitrogen and oxygen atoms in total. The van der Waals surface area contributed by atoms with Gasteiger partial charge in [0.05, 0.1) is 4.88 Å². The Bertz CT molecular complexity index is 694. The number of fused-ring (bicyclic) bond motifs is 1. The van der Waals surface area contributed by atoms with Crippen LogP contribution in [0.25, 0.3) is 0 Å². The molecular formula is C20H25NOS. The van der Waals surface area contributed by atoms with Crippen LogP contribution in [0.1, 0.15) is 58.4 Å². The minimum atomic E-state index is 0.0488. The van der Waals surface area contributed by atoms with E-state index in [0.29, 0.717) is 0 Å². The summed E-state index contributed by atoms with van der Waals surface area (Å²) in [7, 11) is 0. The highest BCUT2D eigenvalue weighted by molar-refractivity contribution is 7.14. The van der Waals surface area contributed by atoms with E-state index in [4.69, 9.17) is 0 Å². The fourth-order valence-electron chi connectivity index (χ4n) is 3.40. The van der Waals surface area contributed by atoms with Crippen LogP contribution >= 0.6 is 11.3 Å². The second-order valence-electron chi connectivity index (χ2n) is 6.52. The Morgan fingerprint density at radius 2 is 1.96 bits per heavy atom. The maximum absolute atomic E-state index is 12.7. The lowest BCUT2D eigenvalue weighted by atomic mass is 9.90. The molecule has 0 saturated heterocycles. The van der Waals surface area contributed by atoms with Crippen LogP contribution in [0.4, 0.5) is 5.69 Å². The fraction of sp³-hybridized carbons (Fsp3) is 0.450. The van der Waals surface area contributed by atoms with E-state index in [1.54, 1.807) is 11.3 Å². The molecule has 3 heteroatoms. The molecule has 1 unspecified atom stereocenters. The van der Waals surface area contributed by atoms with Crippen LogP contribution in [0.3, 0.4) is 0 Å². The number of amides is 1.